The van der Waals surface area contributed by atoms with E-state index >= 15 is 0 Å². The van der Waals surface area contributed by atoms with Gasteiger partial charge in [-0.25, -0.2) is 4.98 Å². The number of hydrogen-bond acceptors (Lipinski definition) is 2. The minimum Gasteiger partial charge on any atom is -0.345 e. The van der Waals surface area contributed by atoms with Crippen molar-refractivity contribution in [2.75, 3.05) is 0 Å². The van der Waals surface area contributed by atoms with E-state index < -0.39 is 5.95 Å². The summed E-state index contributed by atoms with van der Waals surface area (Å²) in [6.07, 6.45) is 3.52. The molecule has 1 saturated carbocycles. The predicted octanol–water partition coefficient (Wildman–Crippen LogP) is 3.10. The van der Waals surface area contributed by atoms with Crippen LogP contribution in [0.1, 0.15) is 34.8 Å². The molecule has 0 saturated heterocycles. The first-order chi connectivity index (χ1) is 9.74. The average Bonchev–Trinajstić information content (AvgIpc) is 3.31. The van der Waals surface area contributed by atoms with E-state index in [1.165, 1.54) is 18.3 Å². The van der Waals surface area contributed by atoms with Crippen molar-refractivity contribution < 1.29 is 9.18 Å². The molecule has 0 spiro atoms. The second-order valence-electron chi connectivity index (χ2n) is 5.07. The van der Waals surface area contributed by atoms with E-state index in [4.69, 9.17) is 0 Å². The molecule has 1 aromatic heterocycles. The maximum absolute atomic E-state index is 12.8. The summed E-state index contributed by atoms with van der Waals surface area (Å²) in [5, 5.41) is 3.03. The van der Waals surface area contributed by atoms with E-state index in [0.29, 0.717) is 11.5 Å². The Balaban J connectivity index is 1.77. The first-order valence-electron chi connectivity index (χ1n) is 6.71. The molecule has 1 fully saturated rings. The van der Waals surface area contributed by atoms with Gasteiger partial charge >= 0.3 is 0 Å². The molecule has 3 nitrogen and oxygen atoms in total. The zero-order chi connectivity index (χ0) is 13.9. The molecule has 4 heteroatoms. The van der Waals surface area contributed by atoms with Gasteiger partial charge in [0.15, 0.2) is 0 Å². The zero-order valence-corrected chi connectivity index (χ0v) is 10.9. The van der Waals surface area contributed by atoms with Gasteiger partial charge in [-0.05, 0) is 36.5 Å². The molecular weight excluding hydrogens is 255 g/mol. The summed E-state index contributed by atoms with van der Waals surface area (Å²) >= 11 is 0. The summed E-state index contributed by atoms with van der Waals surface area (Å²) in [4.78, 5) is 15.7. The molecule has 2 aromatic rings. The predicted molar refractivity (Wildman–Crippen MR) is 73.6 cm³/mol. The smallest absolute Gasteiger partial charge is 0.253 e. The van der Waals surface area contributed by atoms with Gasteiger partial charge in [0.05, 0.1) is 11.6 Å². The van der Waals surface area contributed by atoms with Crippen molar-refractivity contribution in [3.05, 3.63) is 65.7 Å². The molecule has 0 radical (unpaired) electrons. The topological polar surface area (TPSA) is 42.0 Å². The lowest BCUT2D eigenvalue weighted by Gasteiger charge is -2.18. The van der Waals surface area contributed by atoms with Crippen LogP contribution in [0.15, 0.2) is 48.7 Å². The summed E-state index contributed by atoms with van der Waals surface area (Å²) in [5.41, 5.74) is 1.49. The Morgan fingerprint density at radius 3 is 2.55 bits per heavy atom. The van der Waals surface area contributed by atoms with Crippen LogP contribution < -0.4 is 5.32 Å². The molecule has 1 aliphatic rings. The largest absolute Gasteiger partial charge is 0.345 e. The van der Waals surface area contributed by atoms with Gasteiger partial charge in [0.2, 0.25) is 5.95 Å². The standard InChI is InChI=1S/C16H15FN2O/c17-14-9-8-13(10-18-14)16(20)19-15(12-6-7-12)11-4-2-1-3-5-11/h1-5,8-10,12,15H,6-7H2,(H,19,20). The number of nitrogens with one attached hydrogen (secondary N) is 1. The molecule has 20 heavy (non-hydrogen) atoms. The van der Waals surface area contributed by atoms with Crippen LogP contribution in [0.4, 0.5) is 4.39 Å². The Hall–Kier alpha value is -2.23. The molecule has 1 unspecified atom stereocenters. The molecule has 1 atom stereocenters. The number of pyridine rings is 1. The average molecular weight is 270 g/mol. The van der Waals surface area contributed by atoms with Gasteiger partial charge < -0.3 is 5.32 Å². The third-order valence-corrected chi connectivity index (χ3v) is 3.53. The molecule has 0 bridgehead atoms. The van der Waals surface area contributed by atoms with Crippen LogP contribution in [0, 0.1) is 11.9 Å². The van der Waals surface area contributed by atoms with Gasteiger partial charge in [0.25, 0.3) is 5.91 Å². The van der Waals surface area contributed by atoms with Crippen LogP contribution in [0.5, 0.6) is 0 Å². The molecular formula is C16H15FN2O. The van der Waals surface area contributed by atoms with E-state index in [9.17, 15) is 9.18 Å². The van der Waals surface area contributed by atoms with Gasteiger partial charge in [-0.2, -0.15) is 4.39 Å². The van der Waals surface area contributed by atoms with Gasteiger partial charge in [-0.1, -0.05) is 30.3 Å². The van der Waals surface area contributed by atoms with Crippen molar-refractivity contribution in [2.45, 2.75) is 18.9 Å². The lowest BCUT2D eigenvalue weighted by atomic mass is 10.0. The molecule has 3 rings (SSSR count). The van der Waals surface area contributed by atoms with Crippen LogP contribution in [0.2, 0.25) is 0 Å². The van der Waals surface area contributed by atoms with E-state index in [0.717, 1.165) is 18.4 Å². The monoisotopic (exact) mass is 270 g/mol. The van der Waals surface area contributed by atoms with Gasteiger partial charge in [0.1, 0.15) is 0 Å². The normalized spacial score (nSPS) is 15.7. The van der Waals surface area contributed by atoms with E-state index in [1.54, 1.807) is 0 Å². The van der Waals surface area contributed by atoms with Crippen LogP contribution >= 0.6 is 0 Å². The van der Waals surface area contributed by atoms with Gasteiger partial charge in [0, 0.05) is 6.20 Å². The van der Waals surface area contributed by atoms with Crippen LogP contribution in [-0.4, -0.2) is 10.9 Å². The Kier molecular flexibility index (Phi) is 3.46. The summed E-state index contributed by atoms with van der Waals surface area (Å²) in [6, 6.07) is 12.6. The second-order valence-corrected chi connectivity index (χ2v) is 5.07. The maximum Gasteiger partial charge on any atom is 0.253 e. The Labute approximate surface area is 116 Å². The number of hydrogen-bond donors (Lipinski definition) is 1. The summed E-state index contributed by atoms with van der Waals surface area (Å²) < 4.78 is 12.8. The summed E-state index contributed by atoms with van der Waals surface area (Å²) in [5.74, 6) is -0.295. The highest BCUT2D eigenvalue weighted by molar-refractivity contribution is 5.94. The number of benzene rings is 1. The number of amides is 1. The molecule has 1 heterocycles. The van der Waals surface area contributed by atoms with Crippen molar-refractivity contribution in [3.8, 4) is 0 Å². The van der Waals surface area contributed by atoms with Crippen molar-refractivity contribution in [1.82, 2.24) is 10.3 Å². The molecule has 1 N–H and O–H groups in total. The highest BCUT2D eigenvalue weighted by Gasteiger charge is 2.33. The minimum absolute atomic E-state index is 0.0220. The SMILES string of the molecule is O=C(NC(c1ccccc1)C1CC1)c1ccc(F)nc1. The number of nitrogens with zero attached hydrogens (tertiary/aromatic N) is 1. The van der Waals surface area contributed by atoms with Gasteiger partial charge in [-0.3, -0.25) is 4.79 Å². The third-order valence-electron chi connectivity index (χ3n) is 3.53. The van der Waals surface area contributed by atoms with E-state index in [2.05, 4.69) is 10.3 Å². The quantitative estimate of drug-likeness (QED) is 0.867. The fourth-order valence-electron chi connectivity index (χ4n) is 2.30. The maximum atomic E-state index is 12.8. The van der Waals surface area contributed by atoms with Crippen molar-refractivity contribution >= 4 is 5.91 Å². The fourth-order valence-corrected chi connectivity index (χ4v) is 2.30. The highest BCUT2D eigenvalue weighted by atomic mass is 19.1. The number of aromatic nitrogens is 1. The Morgan fingerprint density at radius 1 is 1.20 bits per heavy atom. The zero-order valence-electron chi connectivity index (χ0n) is 10.9. The molecule has 102 valence electrons. The fraction of sp³-hybridized carbons (Fsp3) is 0.250. The number of carbonyl (C=O) groups is 1. The highest BCUT2D eigenvalue weighted by Crippen LogP contribution is 2.41. The van der Waals surface area contributed by atoms with Crippen molar-refractivity contribution in [1.29, 1.82) is 0 Å². The second kappa shape index (κ2) is 5.41. The lowest BCUT2D eigenvalue weighted by molar-refractivity contribution is 0.0931. The molecule has 1 aliphatic carbocycles. The third kappa shape index (κ3) is 2.85. The van der Waals surface area contributed by atoms with Crippen molar-refractivity contribution in [3.63, 3.8) is 0 Å². The van der Waals surface area contributed by atoms with Crippen LogP contribution in [0.3, 0.4) is 0 Å². The summed E-state index contributed by atoms with van der Waals surface area (Å²) in [7, 11) is 0. The lowest BCUT2D eigenvalue weighted by Crippen LogP contribution is -2.30. The van der Waals surface area contributed by atoms with E-state index in [1.807, 2.05) is 30.3 Å². The number of rotatable bonds is 4. The molecule has 1 amide bonds. The first-order valence-corrected chi connectivity index (χ1v) is 6.71. The number of halogens is 1. The van der Waals surface area contributed by atoms with Crippen LogP contribution in [-0.2, 0) is 0 Å². The Bertz CT molecular complexity index is 594. The van der Waals surface area contributed by atoms with Gasteiger partial charge in [-0.15, -0.1) is 0 Å². The number of carbonyl (C=O) groups excluding carboxylic acids is 1. The Morgan fingerprint density at radius 2 is 1.95 bits per heavy atom. The van der Waals surface area contributed by atoms with Crippen LogP contribution in [0.25, 0.3) is 0 Å². The minimum atomic E-state index is -0.580. The first kappa shape index (κ1) is 12.8. The molecule has 1 aromatic carbocycles. The summed E-state index contributed by atoms with van der Waals surface area (Å²) in [6.45, 7) is 0. The molecule has 0 aliphatic heterocycles. The van der Waals surface area contributed by atoms with Crippen molar-refractivity contribution in [2.24, 2.45) is 5.92 Å². The van der Waals surface area contributed by atoms with E-state index in [-0.39, 0.29) is 11.9 Å².